The molecule has 0 bridgehead atoms. The van der Waals surface area contributed by atoms with E-state index >= 15 is 0 Å². The molecule has 6 N–H and O–H groups in total. The highest BCUT2D eigenvalue weighted by Crippen LogP contribution is 2.24. The van der Waals surface area contributed by atoms with Gasteiger partial charge in [-0.05, 0) is 32.1 Å². The number of aliphatic hydroxyl groups is 5. The van der Waals surface area contributed by atoms with Crippen LogP contribution in [0.25, 0.3) is 0 Å². The molecule has 1 aliphatic rings. The average molecular weight is 1310 g/mol. The van der Waals surface area contributed by atoms with E-state index in [0.29, 0.717) is 19.4 Å². The fourth-order valence-electron chi connectivity index (χ4n) is 13.5. The second-order valence-electron chi connectivity index (χ2n) is 28.8. The molecule has 0 aromatic rings. The first-order valence-electron chi connectivity index (χ1n) is 41.0. The van der Waals surface area contributed by atoms with E-state index in [2.05, 4.69) is 19.2 Å². The normalized spacial score (nSPS) is 17.5. The van der Waals surface area contributed by atoms with E-state index in [-0.39, 0.29) is 18.5 Å². The SMILES string of the molecule is CCCCCCCCCCC/C=C/C(O)C(COC1OC(CO)C(O)C(O)C1O)NC(=O)CCCCCCCCCCCCCCCCCCCCCCCCCCCCCCCCCCCCCCCCCOC(=O)CCCCCCCCCCCCCCCC. The van der Waals surface area contributed by atoms with E-state index in [1.165, 1.54) is 353 Å². The Labute approximate surface area is 569 Å². The summed E-state index contributed by atoms with van der Waals surface area (Å²) in [5.74, 6) is -0.152. The Morgan fingerprint density at radius 1 is 0.391 bits per heavy atom. The van der Waals surface area contributed by atoms with Crippen molar-refractivity contribution in [3.63, 3.8) is 0 Å². The van der Waals surface area contributed by atoms with Gasteiger partial charge in [0.05, 0.1) is 32.0 Å². The van der Waals surface area contributed by atoms with Crippen LogP contribution in [0.4, 0.5) is 0 Å². The number of ether oxygens (including phenoxy) is 3. The third-order valence-electron chi connectivity index (χ3n) is 19.9. The van der Waals surface area contributed by atoms with E-state index in [1.54, 1.807) is 6.08 Å². The lowest BCUT2D eigenvalue weighted by Gasteiger charge is -2.40. The molecule has 11 nitrogen and oxygen atoms in total. The second-order valence-corrected chi connectivity index (χ2v) is 28.8. The molecule has 0 saturated carbocycles. The van der Waals surface area contributed by atoms with Gasteiger partial charge in [0.15, 0.2) is 6.29 Å². The van der Waals surface area contributed by atoms with Crippen LogP contribution in [-0.4, -0.2) is 100 Å². The molecule has 1 rings (SSSR count). The lowest BCUT2D eigenvalue weighted by Crippen LogP contribution is -2.60. The van der Waals surface area contributed by atoms with Gasteiger partial charge in [-0.3, -0.25) is 9.59 Å². The smallest absolute Gasteiger partial charge is 0.305 e. The van der Waals surface area contributed by atoms with Crippen molar-refractivity contribution in [2.24, 2.45) is 0 Å². The molecule has 1 aliphatic heterocycles. The second kappa shape index (κ2) is 70.7. The van der Waals surface area contributed by atoms with Crippen LogP contribution < -0.4 is 5.32 Å². The number of carbonyl (C=O) groups is 2. The highest BCUT2D eigenvalue weighted by molar-refractivity contribution is 5.76. The van der Waals surface area contributed by atoms with E-state index < -0.39 is 49.5 Å². The van der Waals surface area contributed by atoms with Crippen molar-refractivity contribution in [1.29, 1.82) is 0 Å². The summed E-state index contributed by atoms with van der Waals surface area (Å²) in [5, 5.41) is 54.5. The van der Waals surface area contributed by atoms with Crippen LogP contribution >= 0.6 is 0 Å². The largest absolute Gasteiger partial charge is 0.466 e. The van der Waals surface area contributed by atoms with Crippen molar-refractivity contribution < 1.29 is 49.3 Å². The Hall–Kier alpha value is -1.60. The Bertz CT molecular complexity index is 1530. The van der Waals surface area contributed by atoms with Gasteiger partial charge in [0, 0.05) is 12.8 Å². The van der Waals surface area contributed by atoms with E-state index in [1.807, 2.05) is 6.08 Å². The number of allylic oxidation sites excluding steroid dienone is 1. The molecule has 0 aliphatic carbocycles. The Morgan fingerprint density at radius 2 is 0.685 bits per heavy atom. The topological polar surface area (TPSA) is 175 Å². The van der Waals surface area contributed by atoms with Crippen LogP contribution in [0.1, 0.15) is 431 Å². The Morgan fingerprint density at radius 3 is 1.01 bits per heavy atom. The summed E-state index contributed by atoms with van der Waals surface area (Å²) in [6, 6.07) is -0.804. The van der Waals surface area contributed by atoms with Crippen LogP contribution in [0.5, 0.6) is 0 Å². The standard InChI is InChI=1S/C81H157NO10/c1-3-5-7-9-11-13-15-16-45-49-53-57-61-65-69-77(86)90-70-66-62-58-54-50-46-43-41-39-37-35-33-31-29-27-25-23-21-19-17-18-20-22-24-26-28-30-32-34-36-38-40-42-44-48-52-56-60-64-68-76(85)82-73(72-91-81-80(89)79(88)78(87)75(71-83)92-81)74(84)67-63-59-55-51-47-14-12-10-8-6-4-2/h63,67,73-75,78-81,83-84,87-89H,3-62,64-66,68-72H2,1-2H3,(H,82,85)/b67-63+. The van der Waals surface area contributed by atoms with Crippen LogP contribution in [0.15, 0.2) is 12.2 Å². The number of hydrogen-bond acceptors (Lipinski definition) is 10. The maximum absolute atomic E-state index is 13.1. The molecule has 0 aromatic carbocycles. The highest BCUT2D eigenvalue weighted by atomic mass is 16.7. The van der Waals surface area contributed by atoms with Crippen molar-refractivity contribution in [1.82, 2.24) is 5.32 Å². The minimum atomic E-state index is -1.57. The molecule has 1 saturated heterocycles. The van der Waals surface area contributed by atoms with Crippen LogP contribution in [-0.2, 0) is 23.8 Å². The van der Waals surface area contributed by atoms with Gasteiger partial charge in [0.1, 0.15) is 24.4 Å². The molecule has 1 amide bonds. The van der Waals surface area contributed by atoms with Crippen molar-refractivity contribution in [2.75, 3.05) is 19.8 Å². The minimum Gasteiger partial charge on any atom is -0.466 e. The summed E-state index contributed by atoms with van der Waals surface area (Å²) in [4.78, 5) is 25.2. The number of unbranched alkanes of at least 4 members (excludes halogenated alkanes) is 60. The monoisotopic (exact) mass is 1300 g/mol. The summed E-state index contributed by atoms with van der Waals surface area (Å²) < 4.78 is 16.8. The molecule has 11 heteroatoms. The summed E-state index contributed by atoms with van der Waals surface area (Å²) >= 11 is 0. The zero-order chi connectivity index (χ0) is 66.5. The van der Waals surface area contributed by atoms with Crippen LogP contribution in [0.2, 0.25) is 0 Å². The lowest BCUT2D eigenvalue weighted by molar-refractivity contribution is -0.302. The van der Waals surface area contributed by atoms with Gasteiger partial charge in [-0.25, -0.2) is 0 Å². The third kappa shape index (κ3) is 58.5. The van der Waals surface area contributed by atoms with Gasteiger partial charge in [0.25, 0.3) is 0 Å². The molecule has 0 spiro atoms. The molecular weight excluding hydrogens is 1150 g/mol. The molecule has 0 aromatic heterocycles. The zero-order valence-corrected chi connectivity index (χ0v) is 61.1. The van der Waals surface area contributed by atoms with Crippen LogP contribution in [0, 0.1) is 0 Å². The van der Waals surface area contributed by atoms with Crippen molar-refractivity contribution in [3.05, 3.63) is 12.2 Å². The predicted octanol–water partition coefficient (Wildman–Crippen LogP) is 22.1. The summed E-state index contributed by atoms with van der Waals surface area (Å²) in [6.07, 6.45) is 79.8. The molecule has 92 heavy (non-hydrogen) atoms. The maximum atomic E-state index is 13.1. The number of amides is 1. The van der Waals surface area contributed by atoms with Crippen molar-refractivity contribution in [3.8, 4) is 0 Å². The quantitative estimate of drug-likeness (QED) is 0.0195. The van der Waals surface area contributed by atoms with Gasteiger partial charge >= 0.3 is 5.97 Å². The molecular formula is C81H157NO10. The molecule has 0 radical (unpaired) electrons. The first-order chi connectivity index (χ1) is 45.2. The molecule has 1 fully saturated rings. The van der Waals surface area contributed by atoms with Crippen LogP contribution in [0.3, 0.4) is 0 Å². The molecule has 7 atom stereocenters. The minimum absolute atomic E-state index is 0.0217. The van der Waals surface area contributed by atoms with Crippen molar-refractivity contribution in [2.45, 2.75) is 474 Å². The lowest BCUT2D eigenvalue weighted by atomic mass is 9.99. The number of aliphatic hydroxyl groups excluding tert-OH is 5. The Balaban J connectivity index is 1.85. The summed E-state index contributed by atoms with van der Waals surface area (Å²) in [6.45, 7) is 4.40. The molecule has 546 valence electrons. The Kier molecular flexibility index (Phi) is 67.9. The van der Waals surface area contributed by atoms with Gasteiger partial charge < -0.3 is 45.1 Å². The van der Waals surface area contributed by atoms with E-state index in [9.17, 15) is 35.1 Å². The summed E-state index contributed by atoms with van der Waals surface area (Å²) in [7, 11) is 0. The van der Waals surface area contributed by atoms with Crippen molar-refractivity contribution >= 4 is 11.9 Å². The molecule has 7 unspecified atom stereocenters. The average Bonchev–Trinajstić information content (AvgIpc) is 1.22. The number of carbonyl (C=O) groups excluding carboxylic acids is 2. The zero-order valence-electron chi connectivity index (χ0n) is 61.1. The van der Waals surface area contributed by atoms with E-state index in [0.717, 1.165) is 51.4 Å². The summed E-state index contributed by atoms with van der Waals surface area (Å²) in [5.41, 5.74) is 0. The fraction of sp³-hybridized carbons (Fsp3) is 0.951. The third-order valence-corrected chi connectivity index (χ3v) is 19.9. The van der Waals surface area contributed by atoms with Gasteiger partial charge in [-0.15, -0.1) is 0 Å². The van der Waals surface area contributed by atoms with Gasteiger partial charge in [-0.2, -0.15) is 0 Å². The van der Waals surface area contributed by atoms with Gasteiger partial charge in [-0.1, -0.05) is 398 Å². The first-order valence-corrected chi connectivity index (χ1v) is 41.0. The number of esters is 1. The highest BCUT2D eigenvalue weighted by Gasteiger charge is 2.44. The van der Waals surface area contributed by atoms with Gasteiger partial charge in [0.2, 0.25) is 5.91 Å². The van der Waals surface area contributed by atoms with E-state index in [4.69, 9.17) is 14.2 Å². The first kappa shape index (κ1) is 88.4. The maximum Gasteiger partial charge on any atom is 0.305 e. The predicted molar refractivity (Wildman–Crippen MR) is 389 cm³/mol. The number of rotatable bonds is 74. The molecule has 1 heterocycles. The number of hydrogen-bond donors (Lipinski definition) is 6. The fourth-order valence-corrected chi connectivity index (χ4v) is 13.5. The number of nitrogens with one attached hydrogen (secondary N) is 1.